The number of carbonyl (C=O) groups excluding carboxylic acids is 1. The molecule has 7 nitrogen and oxygen atoms in total. The molecule has 0 saturated heterocycles. The molecule has 0 atom stereocenters. The van der Waals surface area contributed by atoms with E-state index in [4.69, 9.17) is 19.9 Å². The second kappa shape index (κ2) is 9.27. The smallest absolute Gasteiger partial charge is 0.238 e. The van der Waals surface area contributed by atoms with Crippen molar-refractivity contribution in [2.24, 2.45) is 5.73 Å². The van der Waals surface area contributed by atoms with Crippen LogP contribution in [-0.4, -0.2) is 33.8 Å². The lowest BCUT2D eigenvalue weighted by molar-refractivity contribution is -0.114. The van der Waals surface area contributed by atoms with Crippen LogP contribution in [0.3, 0.4) is 0 Å². The maximum atomic E-state index is 11.7. The molecule has 0 aliphatic rings. The number of nitrogens with zero attached hydrogens (tertiary/aromatic N) is 1. The summed E-state index contributed by atoms with van der Waals surface area (Å²) in [6, 6.07) is 12.6. The zero-order valence-corrected chi connectivity index (χ0v) is 15.4. The minimum absolute atomic E-state index is 0.151. The van der Waals surface area contributed by atoms with Crippen LogP contribution in [0.4, 0.5) is 5.69 Å². The van der Waals surface area contributed by atoms with E-state index in [-0.39, 0.29) is 12.5 Å². The molecule has 0 spiro atoms. The summed E-state index contributed by atoms with van der Waals surface area (Å²) in [4.78, 5) is 11.7. The second-order valence-electron chi connectivity index (χ2n) is 5.46. The molecule has 0 aliphatic carbocycles. The van der Waals surface area contributed by atoms with E-state index in [0.717, 1.165) is 5.56 Å². The zero-order valence-electron chi connectivity index (χ0n) is 15.4. The van der Waals surface area contributed by atoms with Crippen molar-refractivity contribution < 1.29 is 19.0 Å². The summed E-state index contributed by atoms with van der Waals surface area (Å²) in [6.45, 7) is -0.151. The predicted molar refractivity (Wildman–Crippen MR) is 103 cm³/mol. The summed E-state index contributed by atoms with van der Waals surface area (Å²) in [5.41, 5.74) is 7.92. The van der Waals surface area contributed by atoms with Crippen molar-refractivity contribution in [2.75, 3.05) is 33.2 Å². The van der Waals surface area contributed by atoms with Gasteiger partial charge in [-0.05, 0) is 41.0 Å². The molecule has 0 fully saturated rings. The van der Waals surface area contributed by atoms with Crippen LogP contribution in [0.5, 0.6) is 17.2 Å². The van der Waals surface area contributed by atoms with Gasteiger partial charge in [0.15, 0.2) is 0 Å². The van der Waals surface area contributed by atoms with Crippen LogP contribution in [0.25, 0.3) is 5.57 Å². The number of hydrogen-bond acceptors (Lipinski definition) is 6. The third-order valence-corrected chi connectivity index (χ3v) is 3.84. The van der Waals surface area contributed by atoms with Crippen LogP contribution in [0, 0.1) is 11.3 Å². The van der Waals surface area contributed by atoms with E-state index in [2.05, 4.69) is 11.4 Å². The SMILES string of the molecule is COc1cc(OC)cc(/C(=C\C#N)c2ccc(OC)c(NC(=O)CN)c2)c1. The number of allylic oxidation sites excluding steroid dienone is 1. The number of benzene rings is 2. The van der Waals surface area contributed by atoms with Gasteiger partial charge in [0.2, 0.25) is 5.91 Å². The highest BCUT2D eigenvalue weighted by Crippen LogP contribution is 2.34. The van der Waals surface area contributed by atoms with Gasteiger partial charge in [-0.15, -0.1) is 0 Å². The lowest BCUT2D eigenvalue weighted by Gasteiger charge is -2.15. The normalized spacial score (nSPS) is 10.7. The Morgan fingerprint density at radius 1 is 1.07 bits per heavy atom. The Hall–Kier alpha value is -3.50. The first kappa shape index (κ1) is 19.8. The summed E-state index contributed by atoms with van der Waals surface area (Å²) in [6.07, 6.45) is 1.42. The second-order valence-corrected chi connectivity index (χ2v) is 5.46. The molecule has 0 aromatic heterocycles. The van der Waals surface area contributed by atoms with Gasteiger partial charge in [-0.3, -0.25) is 4.79 Å². The van der Waals surface area contributed by atoms with E-state index >= 15 is 0 Å². The summed E-state index contributed by atoms with van der Waals surface area (Å²) < 4.78 is 15.9. The fourth-order valence-electron chi connectivity index (χ4n) is 2.54. The Kier molecular flexibility index (Phi) is 6.80. The van der Waals surface area contributed by atoms with Gasteiger partial charge >= 0.3 is 0 Å². The molecule has 1 amide bonds. The van der Waals surface area contributed by atoms with Gasteiger partial charge in [0, 0.05) is 12.1 Å². The standard InChI is InChI=1S/C20H21N3O4/c1-25-15-8-14(9-16(11-15)26-2)17(6-7-21)13-4-5-19(27-3)18(10-13)23-20(24)12-22/h4-6,8-11H,12,22H2,1-3H3,(H,23,24)/b17-6-. The summed E-state index contributed by atoms with van der Waals surface area (Å²) in [5.74, 6) is 1.33. The van der Waals surface area contributed by atoms with Crippen LogP contribution in [0.1, 0.15) is 11.1 Å². The first-order valence-electron chi connectivity index (χ1n) is 8.07. The summed E-state index contributed by atoms with van der Waals surface area (Å²) >= 11 is 0. The van der Waals surface area contributed by atoms with Gasteiger partial charge < -0.3 is 25.3 Å². The monoisotopic (exact) mass is 367 g/mol. The quantitative estimate of drug-likeness (QED) is 0.729. The molecular formula is C20H21N3O4. The molecule has 0 aliphatic heterocycles. The van der Waals surface area contributed by atoms with Gasteiger partial charge in [0.25, 0.3) is 0 Å². The van der Waals surface area contributed by atoms with E-state index in [0.29, 0.717) is 34.1 Å². The Bertz CT molecular complexity index is 878. The van der Waals surface area contributed by atoms with Crippen molar-refractivity contribution in [1.29, 1.82) is 5.26 Å². The first-order valence-corrected chi connectivity index (χ1v) is 8.07. The first-order chi connectivity index (χ1) is 13.1. The van der Waals surface area contributed by atoms with E-state index < -0.39 is 0 Å². The maximum Gasteiger partial charge on any atom is 0.238 e. The highest BCUT2D eigenvalue weighted by Gasteiger charge is 2.13. The highest BCUT2D eigenvalue weighted by molar-refractivity contribution is 5.95. The molecule has 0 radical (unpaired) electrons. The van der Waals surface area contributed by atoms with Crippen LogP contribution < -0.4 is 25.3 Å². The van der Waals surface area contributed by atoms with Crippen LogP contribution in [-0.2, 0) is 4.79 Å². The Balaban J connectivity index is 2.58. The minimum Gasteiger partial charge on any atom is -0.497 e. The number of rotatable bonds is 7. The van der Waals surface area contributed by atoms with E-state index in [1.165, 1.54) is 13.2 Å². The largest absolute Gasteiger partial charge is 0.497 e. The van der Waals surface area contributed by atoms with E-state index in [1.54, 1.807) is 50.6 Å². The van der Waals surface area contributed by atoms with Crippen molar-refractivity contribution in [1.82, 2.24) is 0 Å². The van der Waals surface area contributed by atoms with E-state index in [1.807, 2.05) is 0 Å². The van der Waals surface area contributed by atoms with Gasteiger partial charge in [0.05, 0.1) is 39.6 Å². The summed E-state index contributed by atoms with van der Waals surface area (Å²) in [7, 11) is 4.62. The molecule has 0 unspecified atom stereocenters. The third kappa shape index (κ3) is 4.77. The lowest BCUT2D eigenvalue weighted by atomic mass is 9.96. The van der Waals surface area contributed by atoms with Crippen LogP contribution in [0.2, 0.25) is 0 Å². The van der Waals surface area contributed by atoms with Crippen LogP contribution >= 0.6 is 0 Å². The van der Waals surface area contributed by atoms with E-state index in [9.17, 15) is 10.1 Å². The average molecular weight is 367 g/mol. The lowest BCUT2D eigenvalue weighted by Crippen LogP contribution is -2.22. The Morgan fingerprint density at radius 3 is 2.26 bits per heavy atom. The van der Waals surface area contributed by atoms with Crippen LogP contribution in [0.15, 0.2) is 42.5 Å². The maximum absolute atomic E-state index is 11.7. The number of nitrogens with two attached hydrogens (primary N) is 1. The molecule has 0 bridgehead atoms. The van der Waals surface area contributed by atoms with Crippen molar-refractivity contribution in [3.05, 3.63) is 53.6 Å². The minimum atomic E-state index is -0.348. The van der Waals surface area contributed by atoms with Gasteiger partial charge in [-0.2, -0.15) is 5.26 Å². The van der Waals surface area contributed by atoms with Gasteiger partial charge in [0.1, 0.15) is 17.2 Å². The fraction of sp³-hybridized carbons (Fsp3) is 0.200. The van der Waals surface area contributed by atoms with Crippen molar-refractivity contribution in [2.45, 2.75) is 0 Å². The molecular weight excluding hydrogens is 346 g/mol. The number of hydrogen-bond donors (Lipinski definition) is 2. The number of carbonyl (C=O) groups is 1. The number of anilines is 1. The Morgan fingerprint density at radius 2 is 1.74 bits per heavy atom. The number of nitrogens with one attached hydrogen (secondary N) is 1. The molecule has 7 heteroatoms. The predicted octanol–water partition coefficient (Wildman–Crippen LogP) is 2.56. The fourth-order valence-corrected chi connectivity index (χ4v) is 2.54. The molecule has 27 heavy (non-hydrogen) atoms. The van der Waals surface area contributed by atoms with Crippen molar-refractivity contribution in [3.8, 4) is 23.3 Å². The molecule has 2 aromatic carbocycles. The number of methoxy groups -OCH3 is 3. The molecule has 2 aromatic rings. The average Bonchev–Trinajstić information content (AvgIpc) is 2.71. The molecule has 140 valence electrons. The van der Waals surface area contributed by atoms with Gasteiger partial charge in [-0.1, -0.05) is 6.07 Å². The highest BCUT2D eigenvalue weighted by atomic mass is 16.5. The summed E-state index contributed by atoms with van der Waals surface area (Å²) in [5, 5.41) is 12.0. The van der Waals surface area contributed by atoms with Crippen molar-refractivity contribution >= 4 is 17.2 Å². The topological polar surface area (TPSA) is 107 Å². The Labute approximate surface area is 158 Å². The molecule has 2 rings (SSSR count). The molecule has 3 N–H and O–H groups in total. The number of ether oxygens (including phenoxy) is 3. The molecule has 0 saturated carbocycles. The number of amides is 1. The zero-order chi connectivity index (χ0) is 19.8. The third-order valence-electron chi connectivity index (χ3n) is 3.84. The molecule has 0 heterocycles. The number of nitriles is 1. The van der Waals surface area contributed by atoms with Crippen molar-refractivity contribution in [3.63, 3.8) is 0 Å². The van der Waals surface area contributed by atoms with Gasteiger partial charge in [-0.25, -0.2) is 0 Å².